The van der Waals surface area contributed by atoms with Crippen LogP contribution in [0.4, 0.5) is 13.2 Å². The summed E-state index contributed by atoms with van der Waals surface area (Å²) in [7, 11) is 0. The zero-order chi connectivity index (χ0) is 15.2. The van der Waals surface area contributed by atoms with Gasteiger partial charge < -0.3 is 4.74 Å². The van der Waals surface area contributed by atoms with Crippen molar-refractivity contribution in [3.05, 3.63) is 34.3 Å². The van der Waals surface area contributed by atoms with Crippen LogP contribution in [0, 0.1) is 0 Å². The van der Waals surface area contributed by atoms with Crippen molar-refractivity contribution in [3.63, 3.8) is 0 Å². The van der Waals surface area contributed by atoms with Crippen LogP contribution in [0.25, 0.3) is 0 Å². The molecule has 0 aliphatic rings. The van der Waals surface area contributed by atoms with Crippen molar-refractivity contribution in [1.82, 2.24) is 0 Å². The summed E-state index contributed by atoms with van der Waals surface area (Å²) >= 11 is 15.4. The molecule has 0 aliphatic carbocycles. The summed E-state index contributed by atoms with van der Waals surface area (Å²) in [5, 5.41) is 0. The van der Waals surface area contributed by atoms with E-state index < -0.39 is 18.2 Å². The summed E-state index contributed by atoms with van der Waals surface area (Å²) < 4.78 is 41.6. The lowest BCUT2D eigenvalue weighted by Gasteiger charge is -2.30. The monoisotopic (exact) mass is 392 g/mol. The molecule has 114 valence electrons. The molecule has 1 aromatic carbocycles. The van der Waals surface area contributed by atoms with Gasteiger partial charge >= 0.3 is 6.18 Å². The summed E-state index contributed by atoms with van der Waals surface area (Å²) in [6.45, 7) is -1.31. The van der Waals surface area contributed by atoms with Gasteiger partial charge in [-0.3, -0.25) is 0 Å². The standard InChI is InChI=1S/C13H14BrCl2F3O/c14-11-3-1-2-10(6-11)12(7-15,8-16)4-5-20-9-13(17,18)19/h1-3,6H,4-5,7-9H2. The van der Waals surface area contributed by atoms with Gasteiger partial charge in [-0.05, 0) is 24.1 Å². The van der Waals surface area contributed by atoms with Gasteiger partial charge in [0.25, 0.3) is 0 Å². The SMILES string of the molecule is FC(F)(F)COCCC(CCl)(CCl)c1cccc(Br)c1. The Kier molecular flexibility index (Phi) is 7.12. The Bertz CT molecular complexity index is 422. The molecule has 0 spiro atoms. The minimum absolute atomic E-state index is 0.0501. The van der Waals surface area contributed by atoms with E-state index in [9.17, 15) is 13.2 Å². The summed E-state index contributed by atoms with van der Waals surface area (Å²) in [6.07, 6.45) is -3.99. The molecule has 0 atom stereocenters. The molecule has 0 aromatic heterocycles. The highest BCUT2D eigenvalue weighted by Crippen LogP contribution is 2.33. The molecule has 0 saturated carbocycles. The second-order valence-electron chi connectivity index (χ2n) is 4.48. The molecule has 0 heterocycles. The number of halogens is 6. The number of hydrogen-bond donors (Lipinski definition) is 0. The molecule has 1 rings (SSSR count). The van der Waals surface area contributed by atoms with Crippen molar-refractivity contribution < 1.29 is 17.9 Å². The van der Waals surface area contributed by atoms with Crippen molar-refractivity contribution in [2.24, 2.45) is 0 Å². The van der Waals surface area contributed by atoms with Gasteiger partial charge in [-0.1, -0.05) is 28.1 Å². The van der Waals surface area contributed by atoms with Crippen molar-refractivity contribution >= 4 is 39.1 Å². The molecule has 0 radical (unpaired) electrons. The van der Waals surface area contributed by atoms with Gasteiger partial charge in [0.1, 0.15) is 6.61 Å². The van der Waals surface area contributed by atoms with Crippen LogP contribution >= 0.6 is 39.1 Å². The molecule has 0 amide bonds. The quantitative estimate of drug-likeness (QED) is 0.460. The first kappa shape index (κ1) is 18.1. The Morgan fingerprint density at radius 2 is 1.80 bits per heavy atom. The third-order valence-corrected chi connectivity index (χ3v) is 4.46. The average Bonchev–Trinajstić information content (AvgIpc) is 2.38. The Balaban J connectivity index is 2.72. The highest BCUT2D eigenvalue weighted by molar-refractivity contribution is 9.10. The molecule has 7 heteroatoms. The van der Waals surface area contributed by atoms with E-state index in [1.807, 2.05) is 24.3 Å². The smallest absolute Gasteiger partial charge is 0.372 e. The Labute approximate surface area is 134 Å². The van der Waals surface area contributed by atoms with Gasteiger partial charge in [-0.25, -0.2) is 0 Å². The van der Waals surface area contributed by atoms with Gasteiger partial charge in [0, 0.05) is 28.3 Å². The van der Waals surface area contributed by atoms with Gasteiger partial charge in [-0.15, -0.1) is 23.2 Å². The van der Waals surface area contributed by atoms with E-state index in [-0.39, 0.29) is 18.4 Å². The Morgan fingerprint density at radius 1 is 1.15 bits per heavy atom. The molecule has 0 aliphatic heterocycles. The van der Waals surface area contributed by atoms with Crippen LogP contribution in [-0.2, 0) is 10.2 Å². The lowest BCUT2D eigenvalue weighted by Crippen LogP contribution is -2.33. The summed E-state index contributed by atoms with van der Waals surface area (Å²) in [5.41, 5.74) is 0.283. The molecule has 0 N–H and O–H groups in total. The van der Waals surface area contributed by atoms with Gasteiger partial charge in [-0.2, -0.15) is 13.2 Å². The molecule has 0 bridgehead atoms. The molecular weight excluding hydrogens is 380 g/mol. The molecule has 1 aromatic rings. The molecule has 0 saturated heterocycles. The maximum Gasteiger partial charge on any atom is 0.411 e. The molecule has 0 fully saturated rings. The second kappa shape index (κ2) is 7.87. The maximum atomic E-state index is 12.0. The second-order valence-corrected chi connectivity index (χ2v) is 5.93. The van der Waals surface area contributed by atoms with Crippen LogP contribution in [-0.4, -0.2) is 31.2 Å². The van der Waals surface area contributed by atoms with E-state index in [4.69, 9.17) is 23.2 Å². The van der Waals surface area contributed by atoms with Crippen LogP contribution in [0.1, 0.15) is 12.0 Å². The predicted molar refractivity (Wildman–Crippen MR) is 78.8 cm³/mol. The van der Waals surface area contributed by atoms with E-state index in [0.29, 0.717) is 6.42 Å². The van der Waals surface area contributed by atoms with Gasteiger partial charge in [0.2, 0.25) is 0 Å². The third-order valence-electron chi connectivity index (χ3n) is 2.94. The van der Waals surface area contributed by atoms with E-state index in [2.05, 4.69) is 20.7 Å². The Morgan fingerprint density at radius 3 is 2.30 bits per heavy atom. The molecule has 0 unspecified atom stereocenters. The van der Waals surface area contributed by atoms with Crippen LogP contribution in [0.2, 0.25) is 0 Å². The highest BCUT2D eigenvalue weighted by Gasteiger charge is 2.32. The van der Waals surface area contributed by atoms with Crippen LogP contribution in [0.3, 0.4) is 0 Å². The summed E-state index contributed by atoms with van der Waals surface area (Å²) in [6, 6.07) is 7.43. The van der Waals surface area contributed by atoms with E-state index in [1.165, 1.54) is 0 Å². The Hall–Kier alpha value is 0.0300. The third kappa shape index (κ3) is 5.43. The van der Waals surface area contributed by atoms with E-state index in [1.54, 1.807) is 0 Å². The van der Waals surface area contributed by atoms with Gasteiger partial charge in [0.15, 0.2) is 0 Å². The first-order valence-corrected chi connectivity index (χ1v) is 7.72. The zero-order valence-corrected chi connectivity index (χ0v) is 13.6. The van der Waals surface area contributed by atoms with Crippen LogP contribution < -0.4 is 0 Å². The fraction of sp³-hybridized carbons (Fsp3) is 0.538. The first-order valence-electron chi connectivity index (χ1n) is 5.85. The van der Waals surface area contributed by atoms with Crippen molar-refractivity contribution in [2.75, 3.05) is 25.0 Å². The number of rotatable bonds is 7. The van der Waals surface area contributed by atoms with Crippen LogP contribution in [0.15, 0.2) is 28.7 Å². The lowest BCUT2D eigenvalue weighted by molar-refractivity contribution is -0.174. The average molecular weight is 394 g/mol. The largest absolute Gasteiger partial charge is 0.411 e. The van der Waals surface area contributed by atoms with Crippen molar-refractivity contribution in [2.45, 2.75) is 18.0 Å². The fourth-order valence-electron chi connectivity index (χ4n) is 1.74. The zero-order valence-electron chi connectivity index (χ0n) is 10.5. The van der Waals surface area contributed by atoms with E-state index >= 15 is 0 Å². The predicted octanol–water partition coefficient (Wildman–Crippen LogP) is 5.13. The normalized spacial score (nSPS) is 12.7. The molecule has 20 heavy (non-hydrogen) atoms. The minimum Gasteiger partial charge on any atom is -0.372 e. The topological polar surface area (TPSA) is 9.23 Å². The van der Waals surface area contributed by atoms with Crippen molar-refractivity contribution in [3.8, 4) is 0 Å². The van der Waals surface area contributed by atoms with Gasteiger partial charge in [0.05, 0.1) is 0 Å². The van der Waals surface area contributed by atoms with E-state index in [0.717, 1.165) is 10.0 Å². The summed E-state index contributed by atoms with van der Waals surface area (Å²) in [5.74, 6) is 0.421. The summed E-state index contributed by atoms with van der Waals surface area (Å²) in [4.78, 5) is 0. The fourth-order valence-corrected chi connectivity index (χ4v) is 3.00. The first-order chi connectivity index (χ1) is 9.33. The number of benzene rings is 1. The molecular formula is C13H14BrCl2F3O. The number of alkyl halides is 5. The number of ether oxygens (including phenoxy) is 1. The highest BCUT2D eigenvalue weighted by atomic mass is 79.9. The number of hydrogen-bond acceptors (Lipinski definition) is 1. The van der Waals surface area contributed by atoms with Crippen LogP contribution in [0.5, 0.6) is 0 Å². The molecule has 1 nitrogen and oxygen atoms in total. The maximum absolute atomic E-state index is 12.0. The van der Waals surface area contributed by atoms with Crippen molar-refractivity contribution in [1.29, 1.82) is 0 Å². The minimum atomic E-state index is -4.32. The lowest BCUT2D eigenvalue weighted by atomic mass is 9.81.